The van der Waals surface area contributed by atoms with Gasteiger partial charge in [0.1, 0.15) is 5.82 Å². The van der Waals surface area contributed by atoms with Crippen molar-refractivity contribution in [2.75, 3.05) is 17.6 Å². The Morgan fingerprint density at radius 1 is 1.53 bits per heavy atom. The van der Waals surface area contributed by atoms with Crippen molar-refractivity contribution in [1.29, 1.82) is 0 Å². The van der Waals surface area contributed by atoms with E-state index in [1.54, 1.807) is 17.8 Å². The van der Waals surface area contributed by atoms with Gasteiger partial charge in [-0.2, -0.15) is 0 Å². The summed E-state index contributed by atoms with van der Waals surface area (Å²) in [5.41, 5.74) is 1.78. The molecule has 0 aliphatic carbocycles. The van der Waals surface area contributed by atoms with E-state index >= 15 is 0 Å². The Morgan fingerprint density at radius 3 is 3.00 bits per heavy atom. The van der Waals surface area contributed by atoms with Gasteiger partial charge in [-0.25, -0.2) is 4.39 Å². The standard InChI is InChI=1S/C10H10BrFN2S/c1-6-4-7(11)8(12)5-9(6)14-10-13-2-3-15-10/h4-5H,2-3H2,1H3,(H,13,14). The fourth-order valence-electron chi connectivity index (χ4n) is 1.31. The van der Waals surface area contributed by atoms with Gasteiger partial charge >= 0.3 is 0 Å². The highest BCUT2D eigenvalue weighted by Crippen LogP contribution is 2.25. The van der Waals surface area contributed by atoms with Crippen molar-refractivity contribution < 1.29 is 4.39 Å². The van der Waals surface area contributed by atoms with Crippen molar-refractivity contribution in [2.24, 2.45) is 4.99 Å². The first-order valence-corrected chi connectivity index (χ1v) is 6.34. The van der Waals surface area contributed by atoms with Crippen LogP contribution in [0.25, 0.3) is 0 Å². The Bertz CT molecular complexity index is 420. The lowest BCUT2D eigenvalue weighted by Crippen LogP contribution is -2.06. The second kappa shape index (κ2) is 4.53. The second-order valence-corrected chi connectivity index (χ2v) is 5.18. The third kappa shape index (κ3) is 2.52. The second-order valence-electron chi connectivity index (χ2n) is 3.24. The Labute approximate surface area is 100 Å². The summed E-state index contributed by atoms with van der Waals surface area (Å²) in [5.74, 6) is 0.743. The predicted octanol–water partition coefficient (Wildman–Crippen LogP) is 3.41. The Balaban J connectivity index is 2.24. The summed E-state index contributed by atoms with van der Waals surface area (Å²) in [6.45, 7) is 2.78. The number of hydrogen-bond donors (Lipinski definition) is 1. The first kappa shape index (κ1) is 11.0. The molecule has 0 saturated heterocycles. The van der Waals surface area contributed by atoms with Crippen LogP contribution in [0.5, 0.6) is 0 Å². The highest BCUT2D eigenvalue weighted by Gasteiger charge is 2.10. The lowest BCUT2D eigenvalue weighted by Gasteiger charge is -2.09. The van der Waals surface area contributed by atoms with Gasteiger partial charge in [0.05, 0.1) is 11.0 Å². The number of halogens is 2. The minimum absolute atomic E-state index is 0.258. The van der Waals surface area contributed by atoms with Crippen LogP contribution in [0, 0.1) is 12.7 Å². The van der Waals surface area contributed by atoms with Gasteiger partial charge in [0.15, 0.2) is 5.17 Å². The number of rotatable bonds is 1. The van der Waals surface area contributed by atoms with E-state index in [1.807, 2.05) is 6.92 Å². The van der Waals surface area contributed by atoms with Gasteiger partial charge in [-0.05, 0) is 40.5 Å². The van der Waals surface area contributed by atoms with E-state index in [0.29, 0.717) is 4.47 Å². The molecule has 0 saturated carbocycles. The summed E-state index contributed by atoms with van der Waals surface area (Å²) in [5, 5.41) is 4.00. The van der Waals surface area contributed by atoms with Gasteiger partial charge in [-0.15, -0.1) is 0 Å². The molecule has 0 amide bonds. The Hall–Kier alpha value is -0.550. The third-order valence-electron chi connectivity index (χ3n) is 2.09. The fourth-order valence-corrected chi connectivity index (χ4v) is 2.51. The van der Waals surface area contributed by atoms with Crippen molar-refractivity contribution >= 4 is 38.5 Å². The summed E-state index contributed by atoms with van der Waals surface area (Å²) in [6.07, 6.45) is 0. The molecule has 1 aromatic carbocycles. The van der Waals surface area contributed by atoms with Crippen molar-refractivity contribution in [3.05, 3.63) is 28.0 Å². The van der Waals surface area contributed by atoms with Crippen molar-refractivity contribution in [1.82, 2.24) is 0 Å². The summed E-state index contributed by atoms with van der Waals surface area (Å²) in [6, 6.07) is 3.25. The fraction of sp³-hybridized carbons (Fsp3) is 0.300. The zero-order valence-corrected chi connectivity index (χ0v) is 10.6. The largest absolute Gasteiger partial charge is 0.335 e. The molecule has 0 spiro atoms. The van der Waals surface area contributed by atoms with E-state index in [0.717, 1.165) is 28.7 Å². The number of anilines is 1. The first-order chi connectivity index (χ1) is 7.16. The molecule has 1 aliphatic heterocycles. The maximum Gasteiger partial charge on any atom is 0.161 e. The van der Waals surface area contributed by atoms with E-state index in [2.05, 4.69) is 26.2 Å². The highest BCUT2D eigenvalue weighted by molar-refractivity contribution is 9.10. The molecular formula is C10H10BrFN2S. The average Bonchev–Trinajstić information content (AvgIpc) is 2.67. The molecule has 1 aromatic rings. The Kier molecular flexibility index (Phi) is 3.31. The van der Waals surface area contributed by atoms with Crippen LogP contribution in [0.15, 0.2) is 21.6 Å². The molecule has 0 bridgehead atoms. The van der Waals surface area contributed by atoms with Gasteiger partial charge in [-0.3, -0.25) is 4.99 Å². The van der Waals surface area contributed by atoms with E-state index in [4.69, 9.17) is 0 Å². The maximum atomic E-state index is 13.3. The molecular weight excluding hydrogens is 279 g/mol. The van der Waals surface area contributed by atoms with Gasteiger partial charge in [0.25, 0.3) is 0 Å². The van der Waals surface area contributed by atoms with Crippen LogP contribution in [-0.4, -0.2) is 17.5 Å². The number of hydrogen-bond acceptors (Lipinski definition) is 3. The zero-order valence-electron chi connectivity index (χ0n) is 8.18. The summed E-state index contributed by atoms with van der Waals surface area (Å²) >= 11 is 4.82. The minimum Gasteiger partial charge on any atom is -0.335 e. The molecule has 0 atom stereocenters. The quantitative estimate of drug-likeness (QED) is 0.856. The Morgan fingerprint density at radius 2 is 2.33 bits per heavy atom. The van der Waals surface area contributed by atoms with Crippen LogP contribution < -0.4 is 5.32 Å². The van der Waals surface area contributed by atoms with Crippen LogP contribution in [0.3, 0.4) is 0 Å². The van der Waals surface area contributed by atoms with Crippen molar-refractivity contribution in [3.8, 4) is 0 Å². The van der Waals surface area contributed by atoms with Crippen molar-refractivity contribution in [2.45, 2.75) is 6.92 Å². The van der Waals surface area contributed by atoms with Crippen LogP contribution >= 0.6 is 27.7 Å². The number of amidine groups is 1. The molecule has 1 aliphatic rings. The SMILES string of the molecule is Cc1cc(Br)c(F)cc1NC1=NCCS1. The first-order valence-electron chi connectivity index (χ1n) is 4.57. The van der Waals surface area contributed by atoms with E-state index < -0.39 is 0 Å². The molecule has 5 heteroatoms. The molecule has 0 fully saturated rings. The monoisotopic (exact) mass is 288 g/mol. The molecule has 0 unspecified atom stereocenters. The summed E-state index contributed by atoms with van der Waals surface area (Å²) < 4.78 is 13.8. The third-order valence-corrected chi connectivity index (χ3v) is 3.59. The van der Waals surface area contributed by atoms with Crippen LogP contribution in [-0.2, 0) is 0 Å². The molecule has 0 aromatic heterocycles. The summed E-state index contributed by atoms with van der Waals surface area (Å²) in [4.78, 5) is 4.26. The average molecular weight is 289 g/mol. The van der Waals surface area contributed by atoms with Crippen molar-refractivity contribution in [3.63, 3.8) is 0 Å². The number of nitrogens with zero attached hydrogens (tertiary/aromatic N) is 1. The lowest BCUT2D eigenvalue weighted by molar-refractivity contribution is 0.621. The molecule has 0 radical (unpaired) electrons. The molecule has 2 rings (SSSR count). The molecule has 15 heavy (non-hydrogen) atoms. The van der Waals surface area contributed by atoms with E-state index in [9.17, 15) is 4.39 Å². The van der Waals surface area contributed by atoms with E-state index in [-0.39, 0.29) is 5.82 Å². The van der Waals surface area contributed by atoms with Gasteiger partial charge < -0.3 is 5.32 Å². The topological polar surface area (TPSA) is 24.4 Å². The molecule has 2 nitrogen and oxygen atoms in total. The van der Waals surface area contributed by atoms with Crippen LogP contribution in [0.1, 0.15) is 5.56 Å². The maximum absolute atomic E-state index is 13.3. The zero-order chi connectivity index (χ0) is 10.8. The molecule has 80 valence electrons. The summed E-state index contributed by atoms with van der Waals surface area (Å²) in [7, 11) is 0. The number of benzene rings is 1. The molecule has 1 heterocycles. The lowest BCUT2D eigenvalue weighted by atomic mass is 10.2. The van der Waals surface area contributed by atoms with Crippen LogP contribution in [0.4, 0.5) is 10.1 Å². The smallest absolute Gasteiger partial charge is 0.161 e. The highest BCUT2D eigenvalue weighted by atomic mass is 79.9. The minimum atomic E-state index is -0.258. The van der Waals surface area contributed by atoms with Gasteiger partial charge in [-0.1, -0.05) is 11.8 Å². The van der Waals surface area contributed by atoms with E-state index in [1.165, 1.54) is 6.07 Å². The van der Waals surface area contributed by atoms with Gasteiger partial charge in [0.2, 0.25) is 0 Å². The predicted molar refractivity (Wildman–Crippen MR) is 67.2 cm³/mol. The van der Waals surface area contributed by atoms with Crippen LogP contribution in [0.2, 0.25) is 0 Å². The van der Waals surface area contributed by atoms with Gasteiger partial charge in [0, 0.05) is 11.4 Å². The molecule has 1 N–H and O–H groups in total. The number of thioether (sulfide) groups is 1. The number of aliphatic imine (C=N–C) groups is 1. The number of nitrogens with one attached hydrogen (secondary N) is 1. The normalized spacial score (nSPS) is 15.3. The number of aryl methyl sites for hydroxylation is 1.